The number of furan rings is 1. The number of methoxy groups -OCH3 is 1. The van der Waals surface area contributed by atoms with Gasteiger partial charge < -0.3 is 23.4 Å². The molecule has 0 N–H and O–H groups in total. The summed E-state index contributed by atoms with van der Waals surface area (Å²) in [5.74, 6) is -2.99. The molecule has 2 aliphatic heterocycles. The number of hydrogen-bond acceptors (Lipinski definition) is 9. The molecule has 3 heterocycles. The number of hydrogen-bond donors (Lipinski definition) is 0. The fourth-order valence-corrected chi connectivity index (χ4v) is 9.71. The van der Waals surface area contributed by atoms with Gasteiger partial charge in [0.15, 0.2) is 0 Å². The molecule has 1 spiro atoms. The zero-order valence-corrected chi connectivity index (χ0v) is 25.1. The molecule has 9 nitrogen and oxygen atoms in total. The highest BCUT2D eigenvalue weighted by molar-refractivity contribution is 5.93. The first-order chi connectivity index (χ1) is 19.3. The molecule has 0 radical (unpaired) electrons. The molecule has 224 valence electrons. The number of rotatable bonds is 6. The van der Waals surface area contributed by atoms with Crippen LogP contribution in [0.3, 0.4) is 0 Å². The molecule has 2 bridgehead atoms. The van der Waals surface area contributed by atoms with E-state index in [1.807, 2.05) is 40.7 Å². The van der Waals surface area contributed by atoms with Gasteiger partial charge in [-0.3, -0.25) is 19.2 Å². The van der Waals surface area contributed by atoms with E-state index in [-0.39, 0.29) is 48.3 Å². The molecule has 11 atom stereocenters. The third-order valence-corrected chi connectivity index (χ3v) is 12.1. The fraction of sp³-hybridized carbons (Fsp3) is 0.750. The van der Waals surface area contributed by atoms with Crippen molar-refractivity contribution in [3.05, 3.63) is 24.2 Å². The zero-order chi connectivity index (χ0) is 29.7. The molecule has 9 heteroatoms. The topological polar surface area (TPSA) is 122 Å². The van der Waals surface area contributed by atoms with Gasteiger partial charge >= 0.3 is 17.9 Å². The molecular formula is C32H42O9. The Bertz CT molecular complexity index is 1270. The maximum absolute atomic E-state index is 14.6. The summed E-state index contributed by atoms with van der Waals surface area (Å²) in [4.78, 5) is 53.9. The molecule has 1 aromatic heterocycles. The molecule has 1 aromatic rings. The number of epoxide rings is 1. The number of Topliss-reactive ketones (excluding diaryl/α,β-unsaturated/α-hetero) is 1. The summed E-state index contributed by atoms with van der Waals surface area (Å²) < 4.78 is 29.5. The fourth-order valence-electron chi connectivity index (χ4n) is 9.71. The minimum Gasteiger partial charge on any atom is -0.472 e. The molecule has 5 aliphatic rings. The Kier molecular flexibility index (Phi) is 6.35. The predicted molar refractivity (Wildman–Crippen MR) is 144 cm³/mol. The maximum atomic E-state index is 14.6. The van der Waals surface area contributed by atoms with E-state index in [9.17, 15) is 19.2 Å². The van der Waals surface area contributed by atoms with Crippen molar-refractivity contribution in [3.63, 3.8) is 0 Å². The lowest BCUT2D eigenvalue weighted by Gasteiger charge is -2.65. The van der Waals surface area contributed by atoms with Crippen molar-refractivity contribution < 1.29 is 42.5 Å². The Morgan fingerprint density at radius 3 is 2.51 bits per heavy atom. The van der Waals surface area contributed by atoms with E-state index in [0.717, 1.165) is 5.56 Å². The molecule has 3 aliphatic carbocycles. The Hall–Kier alpha value is -2.68. The largest absolute Gasteiger partial charge is 0.472 e. The van der Waals surface area contributed by atoms with E-state index in [2.05, 4.69) is 6.92 Å². The maximum Gasteiger partial charge on any atom is 0.308 e. The number of carbonyl (C=O) groups excluding carboxylic acids is 4. The molecule has 41 heavy (non-hydrogen) atoms. The van der Waals surface area contributed by atoms with Gasteiger partial charge in [-0.25, -0.2) is 0 Å². The second-order valence-corrected chi connectivity index (χ2v) is 14.2. The van der Waals surface area contributed by atoms with Crippen LogP contribution in [0.4, 0.5) is 0 Å². The molecule has 3 unspecified atom stereocenters. The SMILES string of the molecule is CC[C@@H](C)C(=O)O[C@@H]1[C@@H]2C(=O)[C@](C)(C3CC[C@]4(C)C(CC(=O)O[C@H]4c4ccoc4)C34O[C@H]24)[C@@H](CC(=O)OC)C1(C)C. The first-order valence-electron chi connectivity index (χ1n) is 15.0. The van der Waals surface area contributed by atoms with E-state index in [1.54, 1.807) is 12.5 Å². The van der Waals surface area contributed by atoms with Crippen molar-refractivity contribution in [2.45, 2.75) is 97.6 Å². The van der Waals surface area contributed by atoms with Crippen LogP contribution in [0.25, 0.3) is 0 Å². The number of ketones is 1. The molecular weight excluding hydrogens is 528 g/mol. The first-order valence-corrected chi connectivity index (χ1v) is 15.0. The summed E-state index contributed by atoms with van der Waals surface area (Å²) in [6.07, 6.45) is 3.64. The standard InChI is InChI=1S/C32H42O9/c1-8-16(2)28(36)40-26-23-24(35)31(6,19(29(26,3)4)13-21(33)37-7)18-9-11-30(5)20(32(18)27(23)41-32)14-22(34)39-25(30)17-10-12-38-15-17/h10,12,15-16,18-20,23,25-27H,8-9,11,13-14H2,1-7H3/t16-,18?,19+,20?,23+,25+,26-,27-,30-,31-,32?/m1/s1. The zero-order valence-electron chi connectivity index (χ0n) is 25.1. The van der Waals surface area contributed by atoms with Gasteiger partial charge in [-0.05, 0) is 31.2 Å². The summed E-state index contributed by atoms with van der Waals surface area (Å²) >= 11 is 0. The van der Waals surface area contributed by atoms with E-state index in [0.29, 0.717) is 19.3 Å². The van der Waals surface area contributed by atoms with Crippen molar-refractivity contribution in [3.8, 4) is 0 Å². The third-order valence-electron chi connectivity index (χ3n) is 12.1. The minimum absolute atomic E-state index is 0.0100. The van der Waals surface area contributed by atoms with Crippen LogP contribution in [0.5, 0.6) is 0 Å². The van der Waals surface area contributed by atoms with Crippen molar-refractivity contribution in [1.29, 1.82) is 0 Å². The average molecular weight is 571 g/mol. The Labute approximate surface area is 241 Å². The van der Waals surface area contributed by atoms with Crippen LogP contribution in [0.2, 0.25) is 0 Å². The third kappa shape index (κ3) is 3.63. The minimum atomic E-state index is -0.942. The lowest BCUT2D eigenvalue weighted by molar-refractivity contribution is -0.222. The van der Waals surface area contributed by atoms with E-state index >= 15 is 0 Å². The Morgan fingerprint density at radius 1 is 1.15 bits per heavy atom. The van der Waals surface area contributed by atoms with Crippen LogP contribution < -0.4 is 0 Å². The van der Waals surface area contributed by atoms with Crippen LogP contribution in [0, 0.1) is 45.8 Å². The predicted octanol–water partition coefficient (Wildman–Crippen LogP) is 4.82. The smallest absolute Gasteiger partial charge is 0.308 e. The highest BCUT2D eigenvalue weighted by Crippen LogP contribution is 2.77. The molecule has 2 saturated heterocycles. The average Bonchev–Trinajstić information content (AvgIpc) is 3.39. The van der Waals surface area contributed by atoms with Crippen LogP contribution in [-0.4, -0.2) is 48.6 Å². The van der Waals surface area contributed by atoms with Gasteiger partial charge in [0.05, 0.1) is 37.9 Å². The lowest BCUT2D eigenvalue weighted by Crippen LogP contribution is -2.72. The van der Waals surface area contributed by atoms with Crippen LogP contribution in [0.15, 0.2) is 23.0 Å². The van der Waals surface area contributed by atoms with Crippen molar-refractivity contribution in [2.24, 2.45) is 45.8 Å². The monoisotopic (exact) mass is 570 g/mol. The molecule has 0 amide bonds. The number of fused-ring (bicyclic) bond motifs is 5. The van der Waals surface area contributed by atoms with Gasteiger partial charge in [-0.2, -0.15) is 0 Å². The lowest BCUT2D eigenvalue weighted by atomic mass is 9.37. The van der Waals surface area contributed by atoms with E-state index < -0.39 is 58.0 Å². The summed E-state index contributed by atoms with van der Waals surface area (Å²) in [6.45, 7) is 11.9. The summed E-state index contributed by atoms with van der Waals surface area (Å²) in [5.41, 5.74) is -2.07. The number of cyclic esters (lactones) is 1. The second-order valence-electron chi connectivity index (χ2n) is 14.2. The van der Waals surface area contributed by atoms with Crippen molar-refractivity contribution in [1.82, 2.24) is 0 Å². The number of esters is 3. The quantitative estimate of drug-likeness (QED) is 0.269. The van der Waals surface area contributed by atoms with Gasteiger partial charge in [0, 0.05) is 40.1 Å². The molecule has 5 fully saturated rings. The van der Waals surface area contributed by atoms with Gasteiger partial charge in [0.2, 0.25) is 0 Å². The van der Waals surface area contributed by atoms with Gasteiger partial charge in [0.25, 0.3) is 0 Å². The summed E-state index contributed by atoms with van der Waals surface area (Å²) in [7, 11) is 1.35. The normalized spacial score (nSPS) is 44.4. The first kappa shape index (κ1) is 28.4. The highest BCUT2D eigenvalue weighted by Gasteiger charge is 2.86. The second kappa shape index (κ2) is 9.16. The van der Waals surface area contributed by atoms with E-state index in [1.165, 1.54) is 7.11 Å². The van der Waals surface area contributed by atoms with Gasteiger partial charge in [-0.15, -0.1) is 0 Å². The van der Waals surface area contributed by atoms with Crippen molar-refractivity contribution in [2.75, 3.05) is 7.11 Å². The molecule has 6 rings (SSSR count). The Balaban J connectivity index is 1.48. The van der Waals surface area contributed by atoms with Gasteiger partial charge in [0.1, 0.15) is 29.7 Å². The van der Waals surface area contributed by atoms with Crippen LogP contribution in [-0.2, 0) is 38.1 Å². The number of ether oxygens (including phenoxy) is 4. The highest BCUT2D eigenvalue weighted by atomic mass is 16.6. The molecule has 3 saturated carbocycles. The number of carbonyl (C=O) groups is 4. The summed E-state index contributed by atoms with van der Waals surface area (Å²) in [5, 5.41) is 0. The van der Waals surface area contributed by atoms with Crippen LogP contribution in [0.1, 0.15) is 85.3 Å². The molecule has 0 aromatic carbocycles. The van der Waals surface area contributed by atoms with E-state index in [4.69, 9.17) is 23.4 Å². The van der Waals surface area contributed by atoms with Gasteiger partial charge in [-0.1, -0.05) is 41.5 Å². The summed E-state index contributed by atoms with van der Waals surface area (Å²) in [6, 6.07) is 1.83. The van der Waals surface area contributed by atoms with Crippen LogP contribution >= 0.6 is 0 Å². The van der Waals surface area contributed by atoms with Crippen molar-refractivity contribution >= 4 is 23.7 Å². The Morgan fingerprint density at radius 2 is 1.88 bits per heavy atom.